The third kappa shape index (κ3) is 3.56. The van der Waals surface area contributed by atoms with Crippen LogP contribution in [0, 0.1) is 0 Å². The first-order valence-corrected chi connectivity index (χ1v) is 8.70. The Morgan fingerprint density at radius 1 is 1.32 bits per heavy atom. The fraction of sp³-hybridized carbons (Fsp3) is 0.538. The van der Waals surface area contributed by atoms with E-state index >= 15 is 0 Å². The van der Waals surface area contributed by atoms with Crippen molar-refractivity contribution in [2.45, 2.75) is 24.6 Å². The monoisotopic (exact) mass is 346 g/mol. The van der Waals surface area contributed by atoms with Crippen LogP contribution in [0.3, 0.4) is 0 Å². The number of nitrogens with zero attached hydrogens (tertiary/aromatic N) is 1. The molecule has 1 aliphatic heterocycles. The van der Waals surface area contributed by atoms with Crippen LogP contribution in [0.2, 0.25) is 0 Å². The largest absolute Gasteiger partial charge is 0.317 e. The first kappa shape index (κ1) is 15.0. The normalized spacial score (nSPS) is 17.8. The molecule has 0 radical (unpaired) electrons. The van der Waals surface area contributed by atoms with Gasteiger partial charge < -0.3 is 5.32 Å². The Bertz CT molecular complexity index is 527. The van der Waals surface area contributed by atoms with Crippen molar-refractivity contribution in [3.63, 3.8) is 0 Å². The minimum Gasteiger partial charge on any atom is -0.317 e. The molecule has 0 saturated carbocycles. The van der Waals surface area contributed by atoms with Crippen LogP contribution in [-0.4, -0.2) is 38.1 Å². The molecule has 1 saturated heterocycles. The van der Waals surface area contributed by atoms with Crippen LogP contribution in [0.25, 0.3) is 0 Å². The number of hydrogen-bond acceptors (Lipinski definition) is 3. The topological polar surface area (TPSA) is 49.4 Å². The van der Waals surface area contributed by atoms with Crippen molar-refractivity contribution in [3.05, 3.63) is 34.3 Å². The summed E-state index contributed by atoms with van der Waals surface area (Å²) >= 11 is 3.46. The van der Waals surface area contributed by atoms with E-state index in [1.54, 1.807) is 7.05 Å². The molecular weight excluding hydrogens is 328 g/mol. The maximum Gasteiger partial charge on any atom is 0.217 e. The molecule has 1 aromatic rings. The molecule has 0 atom stereocenters. The lowest BCUT2D eigenvalue weighted by molar-refractivity contribution is 0.428. The highest BCUT2D eigenvalue weighted by Gasteiger charge is 2.30. The van der Waals surface area contributed by atoms with Gasteiger partial charge in [0.2, 0.25) is 10.0 Å². The Hall–Kier alpha value is -0.430. The summed E-state index contributed by atoms with van der Waals surface area (Å²) in [5.74, 6) is 0. The van der Waals surface area contributed by atoms with Crippen LogP contribution in [0.5, 0.6) is 0 Å². The number of piperidine rings is 1. The van der Waals surface area contributed by atoms with Gasteiger partial charge in [0.05, 0.1) is 5.25 Å². The van der Waals surface area contributed by atoms with E-state index in [2.05, 4.69) is 21.2 Å². The summed E-state index contributed by atoms with van der Waals surface area (Å²) in [6, 6.07) is 7.72. The molecule has 106 valence electrons. The zero-order valence-electron chi connectivity index (χ0n) is 11.0. The summed E-state index contributed by atoms with van der Waals surface area (Å²) in [5, 5.41) is 2.95. The van der Waals surface area contributed by atoms with Gasteiger partial charge >= 0.3 is 0 Å². The molecule has 1 fully saturated rings. The summed E-state index contributed by atoms with van der Waals surface area (Å²) in [7, 11) is -1.54. The highest BCUT2D eigenvalue weighted by Crippen LogP contribution is 2.22. The number of nitrogens with one attached hydrogen (secondary N) is 1. The molecule has 0 unspecified atom stereocenters. The van der Waals surface area contributed by atoms with Crippen molar-refractivity contribution < 1.29 is 8.42 Å². The summed E-state index contributed by atoms with van der Waals surface area (Å²) in [6.45, 7) is 1.98. The molecule has 4 nitrogen and oxygen atoms in total. The van der Waals surface area contributed by atoms with E-state index in [0.717, 1.165) is 23.1 Å². The number of halogens is 1. The van der Waals surface area contributed by atoms with Crippen molar-refractivity contribution in [2.24, 2.45) is 0 Å². The van der Waals surface area contributed by atoms with Crippen LogP contribution in [-0.2, 0) is 16.6 Å². The molecule has 1 heterocycles. The Balaban J connectivity index is 2.10. The van der Waals surface area contributed by atoms with E-state index in [-0.39, 0.29) is 5.25 Å². The number of rotatable bonds is 4. The minimum atomic E-state index is -3.20. The predicted molar refractivity (Wildman–Crippen MR) is 80.4 cm³/mol. The second-order valence-corrected chi connectivity index (χ2v) is 8.02. The number of benzene rings is 1. The second kappa shape index (κ2) is 6.35. The molecule has 0 spiro atoms. The molecule has 1 aliphatic rings. The lowest BCUT2D eigenvalue weighted by atomic mass is 10.2. The quantitative estimate of drug-likeness (QED) is 0.906. The molecule has 0 bridgehead atoms. The van der Waals surface area contributed by atoms with Gasteiger partial charge in [-0.05, 0) is 37.6 Å². The molecule has 1 N–H and O–H groups in total. The van der Waals surface area contributed by atoms with Crippen molar-refractivity contribution in [1.82, 2.24) is 9.62 Å². The van der Waals surface area contributed by atoms with Gasteiger partial charge in [0.15, 0.2) is 0 Å². The van der Waals surface area contributed by atoms with Gasteiger partial charge in [0.1, 0.15) is 0 Å². The van der Waals surface area contributed by atoms with Crippen LogP contribution in [0.4, 0.5) is 0 Å². The van der Waals surface area contributed by atoms with Gasteiger partial charge in [-0.2, -0.15) is 0 Å². The van der Waals surface area contributed by atoms with Crippen LogP contribution < -0.4 is 5.32 Å². The highest BCUT2D eigenvalue weighted by atomic mass is 79.9. The molecule has 2 rings (SSSR count). The highest BCUT2D eigenvalue weighted by molar-refractivity contribution is 9.10. The first-order valence-electron chi connectivity index (χ1n) is 6.41. The van der Waals surface area contributed by atoms with E-state index < -0.39 is 10.0 Å². The Morgan fingerprint density at radius 3 is 2.58 bits per heavy atom. The zero-order chi connectivity index (χ0) is 13.9. The summed E-state index contributed by atoms with van der Waals surface area (Å²) in [4.78, 5) is 0. The van der Waals surface area contributed by atoms with E-state index in [0.29, 0.717) is 19.4 Å². The van der Waals surface area contributed by atoms with E-state index in [9.17, 15) is 8.42 Å². The van der Waals surface area contributed by atoms with Gasteiger partial charge in [-0.25, -0.2) is 12.7 Å². The van der Waals surface area contributed by atoms with Gasteiger partial charge in [0, 0.05) is 18.1 Å². The van der Waals surface area contributed by atoms with Crippen molar-refractivity contribution in [2.75, 3.05) is 20.1 Å². The van der Waals surface area contributed by atoms with Gasteiger partial charge in [-0.1, -0.05) is 34.1 Å². The van der Waals surface area contributed by atoms with Crippen LogP contribution in [0.1, 0.15) is 18.4 Å². The van der Waals surface area contributed by atoms with E-state index in [1.807, 2.05) is 24.3 Å². The number of hydrogen-bond donors (Lipinski definition) is 1. The fourth-order valence-corrected chi connectivity index (χ4v) is 4.37. The third-order valence-corrected chi connectivity index (χ3v) is 6.58. The summed E-state index contributed by atoms with van der Waals surface area (Å²) in [6.07, 6.45) is 1.39. The second-order valence-electron chi connectivity index (χ2n) is 4.84. The van der Waals surface area contributed by atoms with Crippen LogP contribution in [0.15, 0.2) is 28.7 Å². The summed E-state index contributed by atoms with van der Waals surface area (Å²) in [5.41, 5.74) is 0.988. The van der Waals surface area contributed by atoms with Gasteiger partial charge in [-0.15, -0.1) is 0 Å². The molecule has 1 aromatic carbocycles. The van der Waals surface area contributed by atoms with E-state index in [1.165, 1.54) is 4.31 Å². The first-order chi connectivity index (χ1) is 9.01. The third-order valence-electron chi connectivity index (χ3n) is 3.49. The smallest absolute Gasteiger partial charge is 0.217 e. The maximum absolute atomic E-state index is 12.5. The van der Waals surface area contributed by atoms with Crippen molar-refractivity contribution >= 4 is 26.0 Å². The zero-order valence-corrected chi connectivity index (χ0v) is 13.4. The Morgan fingerprint density at radius 2 is 1.95 bits per heavy atom. The van der Waals surface area contributed by atoms with Crippen molar-refractivity contribution in [3.8, 4) is 0 Å². The molecule has 6 heteroatoms. The molecule has 0 aliphatic carbocycles. The lowest BCUT2D eigenvalue weighted by Crippen LogP contribution is -2.42. The molecule has 0 aromatic heterocycles. The molecule has 19 heavy (non-hydrogen) atoms. The minimum absolute atomic E-state index is 0.249. The summed E-state index contributed by atoms with van der Waals surface area (Å²) < 4.78 is 27.4. The van der Waals surface area contributed by atoms with Gasteiger partial charge in [0.25, 0.3) is 0 Å². The lowest BCUT2D eigenvalue weighted by Gasteiger charge is -2.27. The Kier molecular flexibility index (Phi) is 5.00. The number of sulfonamides is 1. The van der Waals surface area contributed by atoms with E-state index in [4.69, 9.17) is 0 Å². The van der Waals surface area contributed by atoms with Gasteiger partial charge in [-0.3, -0.25) is 0 Å². The molecular formula is C13H19BrN2O2S. The predicted octanol–water partition coefficient (Wildman–Crippen LogP) is 1.96. The van der Waals surface area contributed by atoms with Crippen molar-refractivity contribution in [1.29, 1.82) is 0 Å². The molecule has 0 amide bonds. The SMILES string of the molecule is CN(Cc1ccccc1Br)S(=O)(=O)C1CCNCC1. The maximum atomic E-state index is 12.5. The fourth-order valence-electron chi connectivity index (χ4n) is 2.30. The average Bonchev–Trinajstić information content (AvgIpc) is 2.42. The Labute approximate surface area is 123 Å². The van der Waals surface area contributed by atoms with Crippen LogP contribution >= 0.6 is 15.9 Å². The average molecular weight is 347 g/mol. The standard InChI is InChI=1S/C13H19BrN2O2S/c1-16(10-11-4-2-3-5-13(11)14)19(17,18)12-6-8-15-9-7-12/h2-5,12,15H,6-10H2,1H3.